The molecule has 0 atom stereocenters. The van der Waals surface area contributed by atoms with Crippen molar-refractivity contribution in [3.05, 3.63) is 67.8 Å². The van der Waals surface area contributed by atoms with E-state index < -0.39 is 22.1 Å². The van der Waals surface area contributed by atoms with Crippen LogP contribution in [0.5, 0.6) is 0 Å². The molecule has 0 radical (unpaired) electrons. The van der Waals surface area contributed by atoms with Gasteiger partial charge in [0.05, 0.1) is 29.0 Å². The summed E-state index contributed by atoms with van der Waals surface area (Å²) in [5.41, 5.74) is 2.97. The van der Waals surface area contributed by atoms with Gasteiger partial charge in [-0.05, 0) is 34.4 Å². The van der Waals surface area contributed by atoms with Gasteiger partial charge in [-0.3, -0.25) is 20.2 Å². The maximum atomic E-state index is 11.1. The van der Waals surface area contributed by atoms with Gasteiger partial charge in [0, 0.05) is 24.3 Å². The number of ether oxygens (including phenoxy) is 2. The van der Waals surface area contributed by atoms with Crippen LogP contribution in [0, 0.1) is 20.2 Å². The smallest absolute Gasteiger partial charge is 0.269 e. The zero-order chi connectivity index (χ0) is 16.8. The highest BCUT2D eigenvalue weighted by atomic mass is 16.7. The summed E-state index contributed by atoms with van der Waals surface area (Å²) < 4.78 is 11.2. The van der Waals surface area contributed by atoms with E-state index in [4.69, 9.17) is 9.47 Å². The number of nitro groups is 2. The molecule has 2 aromatic carbocycles. The molecule has 0 bridgehead atoms. The number of non-ortho nitro benzene ring substituents is 2. The summed E-state index contributed by atoms with van der Waals surface area (Å²) >= 11 is 0. The lowest BCUT2D eigenvalue weighted by atomic mass is 9.95. The minimum absolute atomic E-state index is 0.0287. The van der Waals surface area contributed by atoms with Crippen molar-refractivity contribution in [2.45, 2.75) is 12.2 Å². The molecule has 1 aliphatic heterocycles. The summed E-state index contributed by atoms with van der Waals surface area (Å²) in [4.78, 5) is 21.3. The zero-order valence-corrected chi connectivity index (χ0v) is 12.4. The summed E-state index contributed by atoms with van der Waals surface area (Å²) in [7, 11) is 0. The molecular weight excluding hydrogens is 316 g/mol. The van der Waals surface area contributed by atoms with Gasteiger partial charge in [-0.2, -0.15) is 0 Å². The average Bonchev–Trinajstić information content (AvgIpc) is 3.18. The van der Waals surface area contributed by atoms with Crippen LogP contribution in [-0.2, 0) is 9.47 Å². The molecule has 122 valence electrons. The average molecular weight is 328 g/mol. The Morgan fingerprint density at radius 3 is 1.71 bits per heavy atom. The van der Waals surface area contributed by atoms with Crippen LogP contribution in [0.25, 0.3) is 11.1 Å². The van der Waals surface area contributed by atoms with E-state index in [1.165, 1.54) is 24.3 Å². The molecule has 1 fully saturated rings. The molecule has 1 saturated heterocycles. The molecule has 4 rings (SSSR count). The molecule has 0 amide bonds. The number of rotatable bonds is 3. The van der Waals surface area contributed by atoms with Gasteiger partial charge < -0.3 is 9.47 Å². The molecule has 0 saturated carbocycles. The van der Waals surface area contributed by atoms with Gasteiger partial charge in [-0.15, -0.1) is 0 Å². The van der Waals surface area contributed by atoms with Crippen molar-refractivity contribution in [3.63, 3.8) is 0 Å². The van der Waals surface area contributed by atoms with Crippen molar-refractivity contribution in [3.8, 4) is 11.1 Å². The van der Waals surface area contributed by atoms with Gasteiger partial charge in [-0.1, -0.05) is 0 Å². The fourth-order valence-electron chi connectivity index (χ4n) is 3.36. The van der Waals surface area contributed by atoms with Gasteiger partial charge in [0.2, 0.25) is 0 Å². The second kappa shape index (κ2) is 5.36. The normalized spacial score (nSPS) is 16.8. The summed E-state index contributed by atoms with van der Waals surface area (Å²) in [6, 6.07) is 9.21. The monoisotopic (exact) mass is 328 g/mol. The van der Waals surface area contributed by atoms with Crippen molar-refractivity contribution < 1.29 is 19.3 Å². The van der Waals surface area contributed by atoms with Crippen LogP contribution in [0.3, 0.4) is 0 Å². The van der Waals surface area contributed by atoms with E-state index in [0.717, 1.165) is 11.1 Å². The first-order chi connectivity index (χ1) is 11.6. The number of hydrogen-bond acceptors (Lipinski definition) is 6. The minimum Gasteiger partial charge on any atom is -0.349 e. The first-order valence-electron chi connectivity index (χ1n) is 7.36. The minimum atomic E-state index is -0.603. The third-order valence-corrected chi connectivity index (χ3v) is 4.37. The van der Waals surface area contributed by atoms with Crippen molar-refractivity contribution in [1.82, 2.24) is 0 Å². The highest BCUT2D eigenvalue weighted by molar-refractivity contribution is 5.81. The van der Waals surface area contributed by atoms with E-state index in [1.54, 1.807) is 12.1 Å². The fraction of sp³-hybridized carbons (Fsp3) is 0.250. The van der Waals surface area contributed by atoms with E-state index in [0.29, 0.717) is 24.3 Å². The Balaban J connectivity index is 1.91. The molecule has 0 spiro atoms. The molecular formula is C16H12N2O6. The van der Waals surface area contributed by atoms with Crippen LogP contribution in [-0.4, -0.2) is 29.4 Å². The predicted octanol–water partition coefficient (Wildman–Crippen LogP) is 2.99. The zero-order valence-electron chi connectivity index (χ0n) is 12.4. The second-order valence-corrected chi connectivity index (χ2v) is 5.64. The van der Waals surface area contributed by atoms with Gasteiger partial charge in [0.25, 0.3) is 11.4 Å². The number of nitrogens with zero attached hydrogens (tertiary/aromatic N) is 2. The molecule has 2 aliphatic rings. The molecule has 0 unspecified atom stereocenters. The summed E-state index contributed by atoms with van der Waals surface area (Å²) in [5.74, 6) is -0.419. The van der Waals surface area contributed by atoms with Gasteiger partial charge in [0.15, 0.2) is 6.29 Å². The number of hydrogen-bond donors (Lipinski definition) is 0. The van der Waals surface area contributed by atoms with E-state index in [9.17, 15) is 20.2 Å². The standard InChI is InChI=1S/C16H12N2O6/c19-17(20)9-1-3-11-12-4-2-10(18(21)22)8-14(12)15(13(11)7-9)16-23-5-6-24-16/h1-4,7-8,15-16H,5-6H2. The lowest BCUT2D eigenvalue weighted by Crippen LogP contribution is -2.19. The third kappa shape index (κ3) is 2.15. The number of fused-ring (bicyclic) bond motifs is 3. The maximum Gasteiger partial charge on any atom is 0.269 e. The van der Waals surface area contributed by atoms with Crippen molar-refractivity contribution in [2.75, 3.05) is 13.2 Å². The van der Waals surface area contributed by atoms with Gasteiger partial charge in [0.1, 0.15) is 0 Å². The Morgan fingerprint density at radius 2 is 1.29 bits per heavy atom. The predicted molar refractivity (Wildman–Crippen MR) is 82.7 cm³/mol. The Morgan fingerprint density at radius 1 is 0.833 bits per heavy atom. The van der Waals surface area contributed by atoms with E-state index >= 15 is 0 Å². The van der Waals surface area contributed by atoms with Crippen molar-refractivity contribution >= 4 is 11.4 Å². The molecule has 1 heterocycles. The Bertz CT molecular complexity index is 796. The Labute approximate surface area is 135 Å². The number of benzene rings is 2. The molecule has 8 heteroatoms. The largest absolute Gasteiger partial charge is 0.349 e. The SMILES string of the molecule is O=[N+]([O-])c1ccc2c(c1)C(C1OCCO1)c1cc([N+](=O)[O-])ccc1-2. The first kappa shape index (κ1) is 14.7. The van der Waals surface area contributed by atoms with Crippen molar-refractivity contribution in [1.29, 1.82) is 0 Å². The fourth-order valence-corrected chi connectivity index (χ4v) is 3.36. The van der Waals surface area contributed by atoms with Crippen molar-refractivity contribution in [2.24, 2.45) is 0 Å². The lowest BCUT2D eigenvalue weighted by Gasteiger charge is -2.19. The highest BCUT2D eigenvalue weighted by Crippen LogP contribution is 2.49. The van der Waals surface area contributed by atoms with Crippen LogP contribution in [0.4, 0.5) is 11.4 Å². The summed E-state index contributed by atoms with van der Waals surface area (Å²) in [5, 5.41) is 22.2. The topological polar surface area (TPSA) is 105 Å². The molecule has 8 nitrogen and oxygen atoms in total. The summed E-state index contributed by atoms with van der Waals surface area (Å²) in [6.45, 7) is 0.853. The Kier molecular flexibility index (Phi) is 3.29. The van der Waals surface area contributed by atoms with Gasteiger partial charge in [-0.25, -0.2) is 0 Å². The lowest BCUT2D eigenvalue weighted by molar-refractivity contribution is -0.385. The van der Waals surface area contributed by atoms with Crippen LogP contribution >= 0.6 is 0 Å². The Hall–Kier alpha value is -2.84. The molecule has 2 aromatic rings. The van der Waals surface area contributed by atoms with Crippen LogP contribution in [0.2, 0.25) is 0 Å². The number of nitro benzene ring substituents is 2. The quantitative estimate of drug-likeness (QED) is 0.633. The third-order valence-electron chi connectivity index (χ3n) is 4.37. The molecule has 0 aromatic heterocycles. The molecule has 1 aliphatic carbocycles. The van der Waals surface area contributed by atoms with Crippen LogP contribution < -0.4 is 0 Å². The second-order valence-electron chi connectivity index (χ2n) is 5.64. The van der Waals surface area contributed by atoms with E-state index in [1.807, 2.05) is 0 Å². The van der Waals surface area contributed by atoms with E-state index in [2.05, 4.69) is 0 Å². The summed E-state index contributed by atoms with van der Waals surface area (Å²) in [6.07, 6.45) is -0.603. The van der Waals surface area contributed by atoms with Crippen LogP contribution in [0.15, 0.2) is 36.4 Å². The van der Waals surface area contributed by atoms with Crippen LogP contribution in [0.1, 0.15) is 17.0 Å². The first-order valence-corrected chi connectivity index (χ1v) is 7.36. The molecule has 0 N–H and O–H groups in total. The van der Waals surface area contributed by atoms with Gasteiger partial charge >= 0.3 is 0 Å². The maximum absolute atomic E-state index is 11.1. The molecule has 24 heavy (non-hydrogen) atoms. The highest BCUT2D eigenvalue weighted by Gasteiger charge is 2.39. The van der Waals surface area contributed by atoms with E-state index in [-0.39, 0.29) is 11.4 Å².